The van der Waals surface area contributed by atoms with Gasteiger partial charge in [-0.1, -0.05) is 17.7 Å². The highest BCUT2D eigenvalue weighted by Gasteiger charge is 2.15. The van der Waals surface area contributed by atoms with Gasteiger partial charge in [-0.2, -0.15) is 0 Å². The van der Waals surface area contributed by atoms with Gasteiger partial charge in [-0.15, -0.1) is 5.10 Å². The summed E-state index contributed by atoms with van der Waals surface area (Å²) in [5, 5.41) is 4.54. The number of benzene rings is 1. The van der Waals surface area contributed by atoms with Crippen molar-refractivity contribution >= 4 is 17.6 Å². The predicted molar refractivity (Wildman–Crippen MR) is 70.3 cm³/mol. The molecule has 0 aliphatic heterocycles. The number of carbonyl (C=O) groups is 1. The molecule has 1 aromatic carbocycles. The van der Waals surface area contributed by atoms with E-state index >= 15 is 0 Å². The lowest BCUT2D eigenvalue weighted by Crippen LogP contribution is -2.08. The number of carbonyl (C=O) groups excluding carboxylic acids is 1. The molecule has 100 valence electrons. The van der Waals surface area contributed by atoms with Gasteiger partial charge in [0.1, 0.15) is 6.61 Å². The standard InChI is InChI=1S/C13H13ClN2O3/c1-16-7-6-12(15-16)19-8-10-9(13(17)18-2)4-3-5-11(10)14/h3-7H,8H2,1-2H3. The molecule has 0 N–H and O–H groups in total. The van der Waals surface area contributed by atoms with Gasteiger partial charge in [-0.05, 0) is 12.1 Å². The summed E-state index contributed by atoms with van der Waals surface area (Å²) in [5.74, 6) is 0.0281. The fraction of sp³-hybridized carbons (Fsp3) is 0.231. The van der Waals surface area contributed by atoms with E-state index in [-0.39, 0.29) is 6.61 Å². The van der Waals surface area contributed by atoms with Crippen LogP contribution in [0.4, 0.5) is 0 Å². The molecule has 0 bridgehead atoms. The van der Waals surface area contributed by atoms with Crippen LogP contribution in [0.1, 0.15) is 15.9 Å². The van der Waals surface area contributed by atoms with Crippen molar-refractivity contribution in [3.05, 3.63) is 46.6 Å². The largest absolute Gasteiger partial charge is 0.472 e. The van der Waals surface area contributed by atoms with Crippen molar-refractivity contribution in [2.24, 2.45) is 7.05 Å². The number of hydrogen-bond acceptors (Lipinski definition) is 4. The maximum atomic E-state index is 11.6. The molecule has 1 heterocycles. The van der Waals surface area contributed by atoms with E-state index in [0.29, 0.717) is 22.0 Å². The second-order valence-corrected chi connectivity index (χ2v) is 4.28. The molecule has 0 aliphatic carbocycles. The van der Waals surface area contributed by atoms with E-state index in [2.05, 4.69) is 5.10 Å². The summed E-state index contributed by atoms with van der Waals surface area (Å²) in [7, 11) is 3.12. The third kappa shape index (κ3) is 3.06. The molecule has 0 fully saturated rings. The lowest BCUT2D eigenvalue weighted by molar-refractivity contribution is 0.0597. The van der Waals surface area contributed by atoms with Gasteiger partial charge in [0.05, 0.1) is 12.7 Å². The topological polar surface area (TPSA) is 53.4 Å². The Labute approximate surface area is 115 Å². The number of methoxy groups -OCH3 is 1. The van der Waals surface area contributed by atoms with Crippen LogP contribution in [0.15, 0.2) is 30.5 Å². The first-order chi connectivity index (χ1) is 9.11. The van der Waals surface area contributed by atoms with Gasteiger partial charge >= 0.3 is 5.97 Å². The number of nitrogens with zero attached hydrogens (tertiary/aromatic N) is 2. The van der Waals surface area contributed by atoms with Crippen molar-refractivity contribution in [2.75, 3.05) is 7.11 Å². The molecular weight excluding hydrogens is 268 g/mol. The molecule has 5 nitrogen and oxygen atoms in total. The van der Waals surface area contributed by atoms with Crippen molar-refractivity contribution in [1.82, 2.24) is 9.78 Å². The Morgan fingerprint density at radius 2 is 2.21 bits per heavy atom. The summed E-state index contributed by atoms with van der Waals surface area (Å²) >= 11 is 6.09. The van der Waals surface area contributed by atoms with Gasteiger partial charge < -0.3 is 9.47 Å². The summed E-state index contributed by atoms with van der Waals surface area (Å²) in [4.78, 5) is 11.6. The Hall–Kier alpha value is -2.01. The van der Waals surface area contributed by atoms with Crippen LogP contribution in [0.25, 0.3) is 0 Å². The van der Waals surface area contributed by atoms with Crippen LogP contribution < -0.4 is 4.74 Å². The van der Waals surface area contributed by atoms with Crippen molar-refractivity contribution in [3.63, 3.8) is 0 Å². The summed E-state index contributed by atoms with van der Waals surface area (Å²) < 4.78 is 11.8. The second-order valence-electron chi connectivity index (χ2n) is 3.87. The third-order valence-electron chi connectivity index (χ3n) is 2.58. The summed E-state index contributed by atoms with van der Waals surface area (Å²) in [5.41, 5.74) is 0.979. The van der Waals surface area contributed by atoms with Crippen LogP contribution in [-0.2, 0) is 18.4 Å². The Kier molecular flexibility index (Phi) is 4.06. The molecule has 0 radical (unpaired) electrons. The first-order valence-electron chi connectivity index (χ1n) is 5.60. The van der Waals surface area contributed by atoms with Gasteiger partial charge in [-0.25, -0.2) is 4.79 Å². The molecule has 0 atom stereocenters. The predicted octanol–water partition coefficient (Wildman–Crippen LogP) is 2.44. The quantitative estimate of drug-likeness (QED) is 0.807. The van der Waals surface area contributed by atoms with Crippen LogP contribution in [0.5, 0.6) is 5.88 Å². The number of rotatable bonds is 4. The number of aryl methyl sites for hydroxylation is 1. The van der Waals surface area contributed by atoms with E-state index in [1.165, 1.54) is 7.11 Å². The second kappa shape index (κ2) is 5.75. The molecule has 0 saturated heterocycles. The highest BCUT2D eigenvalue weighted by Crippen LogP contribution is 2.22. The number of esters is 1. The monoisotopic (exact) mass is 280 g/mol. The SMILES string of the molecule is COC(=O)c1cccc(Cl)c1COc1ccn(C)n1. The van der Waals surface area contributed by atoms with Gasteiger partial charge in [0.15, 0.2) is 0 Å². The van der Waals surface area contributed by atoms with Gasteiger partial charge in [-0.3, -0.25) is 4.68 Å². The van der Waals surface area contributed by atoms with E-state index < -0.39 is 5.97 Å². The Morgan fingerprint density at radius 1 is 1.42 bits per heavy atom. The van der Waals surface area contributed by atoms with Gasteiger partial charge in [0.25, 0.3) is 0 Å². The van der Waals surface area contributed by atoms with Crippen molar-refractivity contribution in [1.29, 1.82) is 0 Å². The number of halogens is 1. The van der Waals surface area contributed by atoms with Crippen LogP contribution in [0.2, 0.25) is 5.02 Å². The summed E-state index contributed by atoms with van der Waals surface area (Å²) in [6, 6.07) is 6.77. The Bertz CT molecular complexity index is 595. The van der Waals surface area contributed by atoms with Gasteiger partial charge in [0, 0.05) is 29.9 Å². The molecule has 1 aromatic heterocycles. The highest BCUT2D eigenvalue weighted by atomic mass is 35.5. The van der Waals surface area contributed by atoms with E-state index in [0.717, 1.165) is 0 Å². The maximum Gasteiger partial charge on any atom is 0.338 e. The van der Waals surface area contributed by atoms with Crippen LogP contribution in [-0.4, -0.2) is 22.9 Å². The summed E-state index contributed by atoms with van der Waals surface area (Å²) in [6.45, 7) is 0.154. The molecule has 0 saturated carbocycles. The van der Waals surface area contributed by atoms with Crippen LogP contribution in [0, 0.1) is 0 Å². The van der Waals surface area contributed by atoms with E-state index in [1.54, 1.807) is 42.2 Å². The Balaban J connectivity index is 2.21. The minimum absolute atomic E-state index is 0.154. The van der Waals surface area contributed by atoms with Crippen molar-refractivity contribution < 1.29 is 14.3 Å². The smallest absolute Gasteiger partial charge is 0.338 e. The minimum atomic E-state index is -0.442. The number of ether oxygens (including phenoxy) is 2. The molecule has 0 spiro atoms. The van der Waals surface area contributed by atoms with Crippen LogP contribution >= 0.6 is 11.6 Å². The zero-order valence-corrected chi connectivity index (χ0v) is 11.3. The normalized spacial score (nSPS) is 10.3. The lowest BCUT2D eigenvalue weighted by atomic mass is 10.1. The number of hydrogen-bond donors (Lipinski definition) is 0. The average Bonchev–Trinajstić information content (AvgIpc) is 2.82. The van der Waals surface area contributed by atoms with E-state index in [9.17, 15) is 4.79 Å². The zero-order chi connectivity index (χ0) is 13.8. The molecule has 2 aromatic rings. The first-order valence-corrected chi connectivity index (χ1v) is 5.97. The maximum absolute atomic E-state index is 11.6. The van der Waals surface area contributed by atoms with Crippen molar-refractivity contribution in [2.45, 2.75) is 6.61 Å². The molecule has 19 heavy (non-hydrogen) atoms. The fourth-order valence-corrected chi connectivity index (χ4v) is 1.85. The average molecular weight is 281 g/mol. The molecule has 0 aliphatic rings. The first kappa shape index (κ1) is 13.4. The van der Waals surface area contributed by atoms with Crippen molar-refractivity contribution in [3.8, 4) is 5.88 Å². The zero-order valence-electron chi connectivity index (χ0n) is 10.6. The van der Waals surface area contributed by atoms with E-state index in [4.69, 9.17) is 21.1 Å². The van der Waals surface area contributed by atoms with Gasteiger partial charge in [0.2, 0.25) is 5.88 Å². The molecule has 0 unspecified atom stereocenters. The highest BCUT2D eigenvalue weighted by molar-refractivity contribution is 6.31. The third-order valence-corrected chi connectivity index (χ3v) is 2.93. The lowest BCUT2D eigenvalue weighted by Gasteiger charge is -2.10. The van der Waals surface area contributed by atoms with E-state index in [1.807, 2.05) is 0 Å². The fourth-order valence-electron chi connectivity index (χ4n) is 1.62. The Morgan fingerprint density at radius 3 is 2.84 bits per heavy atom. The number of aromatic nitrogens is 2. The minimum Gasteiger partial charge on any atom is -0.472 e. The molecule has 6 heteroatoms. The molecular formula is C13H13ClN2O3. The summed E-state index contributed by atoms with van der Waals surface area (Å²) in [6.07, 6.45) is 1.77. The van der Waals surface area contributed by atoms with Crippen LogP contribution in [0.3, 0.4) is 0 Å². The molecule has 0 amide bonds. The molecule has 2 rings (SSSR count).